The number of fused-ring (bicyclic) bond motifs is 1. The van der Waals surface area contributed by atoms with Gasteiger partial charge in [0, 0.05) is 5.92 Å². The van der Waals surface area contributed by atoms with Gasteiger partial charge in [0.2, 0.25) is 0 Å². The molecule has 0 heterocycles. The number of allylic oxidation sites excluding steroid dienone is 3. The largest absolute Gasteiger partial charge is 0.0992 e. The zero-order chi connectivity index (χ0) is 24.9. The van der Waals surface area contributed by atoms with Crippen LogP contribution in [0.5, 0.6) is 0 Å². The maximum atomic E-state index is 4.36. The normalized spacial score (nSPS) is 24.5. The number of hydrogen-bond acceptors (Lipinski definition) is 0. The summed E-state index contributed by atoms with van der Waals surface area (Å²) in [6, 6.07) is 11.8. The van der Waals surface area contributed by atoms with Gasteiger partial charge in [-0.1, -0.05) is 92.6 Å². The smallest absolute Gasteiger partial charge is 0.00392 e. The molecule has 0 spiro atoms. The second-order valence-electron chi connectivity index (χ2n) is 12.5. The minimum Gasteiger partial charge on any atom is -0.0992 e. The molecule has 0 aliphatic heterocycles. The average molecular weight is 465 g/mol. The molecule has 2 aromatic rings. The molecule has 3 aliphatic rings. The zero-order valence-corrected chi connectivity index (χ0v) is 22.7. The second-order valence-corrected chi connectivity index (χ2v) is 12.5. The fraction of sp³-hybridized carbons (Fsp3) is 0.486. The molecule has 0 N–H and O–H groups in total. The highest BCUT2D eigenvalue weighted by Crippen LogP contribution is 2.45. The van der Waals surface area contributed by atoms with Gasteiger partial charge in [0.05, 0.1) is 0 Å². The van der Waals surface area contributed by atoms with Crippen LogP contribution in [-0.4, -0.2) is 0 Å². The molecule has 1 unspecified atom stereocenters. The van der Waals surface area contributed by atoms with Crippen molar-refractivity contribution in [3.8, 4) is 11.1 Å². The van der Waals surface area contributed by atoms with Crippen LogP contribution in [0, 0.1) is 43.4 Å². The average Bonchev–Trinajstić information content (AvgIpc) is 3.48. The minimum absolute atomic E-state index is 0.480. The Balaban J connectivity index is 1.45. The van der Waals surface area contributed by atoms with Gasteiger partial charge in [0.15, 0.2) is 0 Å². The second kappa shape index (κ2) is 9.61. The van der Waals surface area contributed by atoms with Crippen molar-refractivity contribution in [3.05, 3.63) is 88.0 Å². The van der Waals surface area contributed by atoms with Crippen molar-refractivity contribution in [1.82, 2.24) is 0 Å². The van der Waals surface area contributed by atoms with Crippen LogP contribution in [0.3, 0.4) is 0 Å². The topological polar surface area (TPSA) is 0 Å². The highest BCUT2D eigenvalue weighted by molar-refractivity contribution is 5.80. The Morgan fingerprint density at radius 1 is 0.943 bits per heavy atom. The van der Waals surface area contributed by atoms with Gasteiger partial charge in [-0.3, -0.25) is 0 Å². The summed E-state index contributed by atoms with van der Waals surface area (Å²) < 4.78 is 0. The maximum absolute atomic E-state index is 4.36. The first-order chi connectivity index (χ1) is 16.7. The van der Waals surface area contributed by atoms with Gasteiger partial charge in [-0.05, 0) is 116 Å². The lowest BCUT2D eigenvalue weighted by Gasteiger charge is -2.22. The lowest BCUT2D eigenvalue weighted by molar-refractivity contribution is 0.378. The number of hydrogen-bond donors (Lipinski definition) is 0. The van der Waals surface area contributed by atoms with Crippen molar-refractivity contribution in [3.63, 3.8) is 0 Å². The SMILES string of the molecule is C=C1CCC(=C)C1CC1=Cc2cccc(-c3cc(C)cc(C)c3C[C@@H]3CC(C(C)C)C[C@@H]3C)c2C1. The molecule has 2 saturated carbocycles. The third-order valence-electron chi connectivity index (χ3n) is 9.60. The summed E-state index contributed by atoms with van der Waals surface area (Å²) in [4.78, 5) is 0. The van der Waals surface area contributed by atoms with E-state index in [9.17, 15) is 0 Å². The number of rotatable bonds is 6. The van der Waals surface area contributed by atoms with Crippen molar-refractivity contribution in [1.29, 1.82) is 0 Å². The lowest BCUT2D eigenvalue weighted by Crippen LogP contribution is -2.11. The molecule has 0 aromatic heterocycles. The summed E-state index contributed by atoms with van der Waals surface area (Å²) in [7, 11) is 0. The molecule has 0 nitrogen and oxygen atoms in total. The van der Waals surface area contributed by atoms with Crippen LogP contribution in [-0.2, 0) is 12.8 Å². The van der Waals surface area contributed by atoms with Crippen LogP contribution in [0.15, 0.2) is 60.2 Å². The van der Waals surface area contributed by atoms with Crippen LogP contribution < -0.4 is 0 Å². The van der Waals surface area contributed by atoms with Gasteiger partial charge in [-0.15, -0.1) is 0 Å². The molecule has 3 aliphatic carbocycles. The van der Waals surface area contributed by atoms with E-state index in [1.807, 2.05) is 0 Å². The van der Waals surface area contributed by atoms with Gasteiger partial charge in [-0.2, -0.15) is 0 Å². The summed E-state index contributed by atoms with van der Waals surface area (Å²) in [5.74, 6) is 3.78. The summed E-state index contributed by atoms with van der Waals surface area (Å²) >= 11 is 0. The summed E-state index contributed by atoms with van der Waals surface area (Å²) in [6.45, 7) is 20.6. The molecule has 0 saturated heterocycles. The van der Waals surface area contributed by atoms with Crippen LogP contribution in [0.4, 0.5) is 0 Å². The van der Waals surface area contributed by atoms with E-state index >= 15 is 0 Å². The quantitative estimate of drug-likeness (QED) is 0.373. The van der Waals surface area contributed by atoms with Gasteiger partial charge < -0.3 is 0 Å². The predicted molar refractivity (Wildman–Crippen MR) is 153 cm³/mol. The zero-order valence-electron chi connectivity index (χ0n) is 22.7. The highest BCUT2D eigenvalue weighted by atomic mass is 14.4. The molecule has 35 heavy (non-hydrogen) atoms. The first-order valence-corrected chi connectivity index (χ1v) is 14.0. The Morgan fingerprint density at radius 2 is 1.69 bits per heavy atom. The van der Waals surface area contributed by atoms with Crippen LogP contribution in [0.2, 0.25) is 0 Å². The molecular weight excluding hydrogens is 420 g/mol. The van der Waals surface area contributed by atoms with E-state index in [1.54, 1.807) is 11.1 Å². The summed E-state index contributed by atoms with van der Waals surface area (Å²) in [6.07, 6.45) is 10.9. The third-order valence-corrected chi connectivity index (χ3v) is 9.60. The highest BCUT2D eigenvalue weighted by Gasteiger charge is 2.34. The summed E-state index contributed by atoms with van der Waals surface area (Å²) in [5, 5.41) is 0. The molecule has 0 amide bonds. The molecule has 2 aromatic carbocycles. The van der Waals surface area contributed by atoms with E-state index in [4.69, 9.17) is 0 Å². The minimum atomic E-state index is 0.480. The molecule has 3 atom stereocenters. The molecule has 184 valence electrons. The third kappa shape index (κ3) is 4.74. The first kappa shape index (κ1) is 24.4. The van der Waals surface area contributed by atoms with Gasteiger partial charge in [-0.25, -0.2) is 0 Å². The van der Waals surface area contributed by atoms with Crippen molar-refractivity contribution in [2.45, 2.75) is 79.6 Å². The van der Waals surface area contributed by atoms with E-state index in [0.29, 0.717) is 5.92 Å². The molecule has 0 radical (unpaired) electrons. The van der Waals surface area contributed by atoms with Crippen LogP contribution in [0.1, 0.15) is 80.7 Å². The van der Waals surface area contributed by atoms with Crippen molar-refractivity contribution in [2.75, 3.05) is 0 Å². The van der Waals surface area contributed by atoms with Crippen LogP contribution in [0.25, 0.3) is 17.2 Å². The van der Waals surface area contributed by atoms with Crippen LogP contribution >= 0.6 is 0 Å². The molecule has 0 bridgehead atoms. The predicted octanol–water partition coefficient (Wildman–Crippen LogP) is 9.68. The van der Waals surface area contributed by atoms with E-state index in [0.717, 1.165) is 49.4 Å². The van der Waals surface area contributed by atoms with Gasteiger partial charge in [0.25, 0.3) is 0 Å². The van der Waals surface area contributed by atoms with E-state index < -0.39 is 0 Å². The van der Waals surface area contributed by atoms with Crippen molar-refractivity contribution >= 4 is 6.08 Å². The Hall–Kier alpha value is -2.34. The van der Waals surface area contributed by atoms with Crippen molar-refractivity contribution in [2.24, 2.45) is 29.6 Å². The van der Waals surface area contributed by atoms with Gasteiger partial charge >= 0.3 is 0 Å². The first-order valence-electron chi connectivity index (χ1n) is 14.0. The summed E-state index contributed by atoms with van der Waals surface area (Å²) in [5.41, 5.74) is 14.7. The molecule has 2 fully saturated rings. The lowest BCUT2D eigenvalue weighted by atomic mass is 9.82. The fourth-order valence-electron chi connectivity index (χ4n) is 7.31. The number of aryl methyl sites for hydroxylation is 2. The Morgan fingerprint density at radius 3 is 2.37 bits per heavy atom. The molecule has 0 heteroatoms. The Bertz CT molecular complexity index is 1170. The molecular formula is C35H44. The standard InChI is InChI=1S/C35H44/c1-21(2)29-15-25(6)30(19-29)20-33-26(7)13-22(3)14-35(33)31-10-8-9-28-16-27(18-34(28)31)17-32-23(4)11-12-24(32)5/h8-10,13-14,16,21,25,29-30,32H,4-5,11-12,15,17-20H2,1-3,6-7H3/t25-,29?,30-/m0/s1. The van der Waals surface area contributed by atoms with E-state index in [2.05, 4.69) is 84.2 Å². The Labute approximate surface area is 214 Å². The number of benzene rings is 2. The monoisotopic (exact) mass is 464 g/mol. The van der Waals surface area contributed by atoms with E-state index in [-0.39, 0.29) is 0 Å². The Kier molecular flexibility index (Phi) is 6.69. The fourth-order valence-corrected chi connectivity index (χ4v) is 7.31. The molecule has 5 rings (SSSR count). The van der Waals surface area contributed by atoms with Gasteiger partial charge in [0.1, 0.15) is 0 Å². The van der Waals surface area contributed by atoms with E-state index in [1.165, 1.54) is 63.8 Å². The maximum Gasteiger partial charge on any atom is 0.00392 e. The van der Waals surface area contributed by atoms with Crippen molar-refractivity contribution < 1.29 is 0 Å².